The fraction of sp³-hybridized carbons (Fsp3) is 0.432. The molecule has 1 aromatic heterocycles. The summed E-state index contributed by atoms with van der Waals surface area (Å²) in [6, 6.07) is 29.0. The number of aromatic nitrogens is 1. The molecule has 0 amide bonds. The molecule has 5 rings (SSSR count). The fourth-order valence-electron chi connectivity index (χ4n) is 6.11. The molecule has 44 heavy (non-hydrogen) atoms. The standard InChI is InChI=1S/C37H49N3O3Si/c1-27-24-40(28(2)23-39(27)25-29-13-10-9-11-14-29)36(31-15-12-16-33(21-31)43-44(7,8)37(3,4)5)32-18-17-30-19-20-38(34(30)22-32)26-35(41)42-6/h9-22,27-28,36H,23-26H2,1-8H3/t27-,28+,36+/m1/s1. The summed E-state index contributed by atoms with van der Waals surface area (Å²) in [6.45, 7) is 19.2. The highest BCUT2D eigenvalue weighted by Gasteiger charge is 2.39. The van der Waals surface area contributed by atoms with Crippen LogP contribution in [0.25, 0.3) is 10.9 Å². The van der Waals surface area contributed by atoms with Crippen LogP contribution in [0.4, 0.5) is 0 Å². The maximum Gasteiger partial charge on any atom is 0.325 e. The second-order valence-corrected chi connectivity index (χ2v) is 18.7. The Hall–Kier alpha value is -3.39. The molecule has 1 aliphatic rings. The number of fused-ring (bicyclic) bond motifs is 1. The summed E-state index contributed by atoms with van der Waals surface area (Å²) in [5, 5.41) is 1.22. The molecule has 3 atom stereocenters. The zero-order chi connectivity index (χ0) is 31.6. The number of nitrogens with zero attached hydrogens (tertiary/aromatic N) is 3. The summed E-state index contributed by atoms with van der Waals surface area (Å²) in [5.41, 5.74) is 4.82. The van der Waals surface area contributed by atoms with Crippen molar-refractivity contribution in [3.63, 3.8) is 0 Å². The maximum atomic E-state index is 12.2. The third kappa shape index (κ3) is 6.95. The molecule has 1 saturated heterocycles. The van der Waals surface area contributed by atoms with Crippen LogP contribution in [-0.4, -0.2) is 60.9 Å². The molecule has 4 aromatic rings. The second-order valence-electron chi connectivity index (χ2n) is 14.0. The van der Waals surface area contributed by atoms with E-state index in [0.29, 0.717) is 12.1 Å². The van der Waals surface area contributed by atoms with Crippen LogP contribution in [0.5, 0.6) is 5.75 Å². The topological polar surface area (TPSA) is 46.9 Å². The number of ether oxygens (including phenoxy) is 1. The van der Waals surface area contributed by atoms with Crippen molar-refractivity contribution in [3.05, 3.63) is 102 Å². The zero-order valence-corrected chi connectivity index (χ0v) is 28.7. The molecule has 0 unspecified atom stereocenters. The molecule has 234 valence electrons. The van der Waals surface area contributed by atoms with Gasteiger partial charge in [-0.15, -0.1) is 0 Å². The number of piperazine rings is 1. The van der Waals surface area contributed by atoms with Gasteiger partial charge in [0.15, 0.2) is 0 Å². The van der Waals surface area contributed by atoms with Crippen LogP contribution in [0.3, 0.4) is 0 Å². The third-order valence-electron chi connectivity index (χ3n) is 9.72. The van der Waals surface area contributed by atoms with Gasteiger partial charge in [0.05, 0.1) is 13.2 Å². The van der Waals surface area contributed by atoms with Crippen LogP contribution in [0.15, 0.2) is 85.1 Å². The van der Waals surface area contributed by atoms with Gasteiger partial charge in [-0.05, 0) is 78.3 Å². The van der Waals surface area contributed by atoms with Gasteiger partial charge in [-0.25, -0.2) is 0 Å². The number of esters is 1. The number of hydrogen-bond donors (Lipinski definition) is 0. The van der Waals surface area contributed by atoms with E-state index in [4.69, 9.17) is 9.16 Å². The van der Waals surface area contributed by atoms with Gasteiger partial charge in [0.2, 0.25) is 8.32 Å². The Bertz CT molecular complexity index is 1580. The van der Waals surface area contributed by atoms with E-state index in [1.54, 1.807) is 0 Å². The lowest BCUT2D eigenvalue weighted by molar-refractivity contribution is -0.141. The average molecular weight is 612 g/mol. The summed E-state index contributed by atoms with van der Waals surface area (Å²) in [6.07, 6.45) is 1.97. The lowest BCUT2D eigenvalue weighted by atomic mass is 9.92. The van der Waals surface area contributed by atoms with Gasteiger partial charge in [0.1, 0.15) is 12.3 Å². The highest BCUT2D eigenvalue weighted by atomic mass is 28.4. The first-order valence-corrected chi connectivity index (χ1v) is 18.8. The van der Waals surface area contributed by atoms with Crippen molar-refractivity contribution >= 4 is 25.2 Å². The van der Waals surface area contributed by atoms with Crippen LogP contribution in [0, 0.1) is 0 Å². The van der Waals surface area contributed by atoms with Gasteiger partial charge >= 0.3 is 5.97 Å². The summed E-state index contributed by atoms with van der Waals surface area (Å²) in [7, 11) is -0.576. The Morgan fingerprint density at radius 3 is 2.34 bits per heavy atom. The van der Waals surface area contributed by atoms with Crippen molar-refractivity contribution in [1.82, 2.24) is 14.4 Å². The number of hydrogen-bond acceptors (Lipinski definition) is 5. The number of carbonyl (C=O) groups excluding carboxylic acids is 1. The maximum absolute atomic E-state index is 12.2. The minimum absolute atomic E-state index is 0.0279. The lowest BCUT2D eigenvalue weighted by Crippen LogP contribution is -2.56. The van der Waals surface area contributed by atoms with Crippen molar-refractivity contribution in [2.75, 3.05) is 20.2 Å². The zero-order valence-electron chi connectivity index (χ0n) is 27.7. The molecule has 0 spiro atoms. The van der Waals surface area contributed by atoms with Crippen LogP contribution in [0.2, 0.25) is 18.1 Å². The van der Waals surface area contributed by atoms with Crippen LogP contribution < -0.4 is 4.43 Å². The van der Waals surface area contributed by atoms with Crippen molar-refractivity contribution in [1.29, 1.82) is 0 Å². The first kappa shape index (κ1) is 32.0. The van der Waals surface area contributed by atoms with Gasteiger partial charge in [0, 0.05) is 43.4 Å². The molecule has 1 fully saturated rings. The molecule has 0 radical (unpaired) electrons. The predicted molar refractivity (Wildman–Crippen MR) is 183 cm³/mol. The van der Waals surface area contributed by atoms with Crippen LogP contribution >= 0.6 is 0 Å². The minimum atomic E-state index is -2.01. The Morgan fingerprint density at radius 1 is 0.909 bits per heavy atom. The molecule has 1 aliphatic heterocycles. The first-order valence-electron chi connectivity index (χ1n) is 15.8. The van der Waals surface area contributed by atoms with E-state index in [2.05, 4.69) is 136 Å². The lowest BCUT2D eigenvalue weighted by Gasteiger charge is -2.48. The first-order chi connectivity index (χ1) is 20.9. The normalized spacial score (nSPS) is 19.2. The van der Waals surface area contributed by atoms with E-state index in [9.17, 15) is 4.79 Å². The Balaban J connectivity index is 1.54. The number of rotatable bonds is 9. The van der Waals surface area contributed by atoms with Crippen LogP contribution in [-0.2, 0) is 22.6 Å². The van der Waals surface area contributed by atoms with Gasteiger partial charge in [-0.2, -0.15) is 0 Å². The molecule has 2 heterocycles. The fourth-order valence-corrected chi connectivity index (χ4v) is 7.13. The van der Waals surface area contributed by atoms with E-state index >= 15 is 0 Å². The molecule has 7 heteroatoms. The van der Waals surface area contributed by atoms with Gasteiger partial charge in [0.25, 0.3) is 0 Å². The second kappa shape index (κ2) is 12.9. The monoisotopic (exact) mass is 611 g/mol. The van der Waals surface area contributed by atoms with Gasteiger partial charge < -0.3 is 13.7 Å². The molecule has 3 aromatic carbocycles. The van der Waals surface area contributed by atoms with Crippen molar-refractivity contribution < 1.29 is 14.0 Å². The summed E-state index contributed by atoms with van der Waals surface area (Å²) in [5.74, 6) is 0.689. The smallest absolute Gasteiger partial charge is 0.325 e. The molecule has 0 N–H and O–H groups in total. The average Bonchev–Trinajstić information content (AvgIpc) is 3.37. The van der Waals surface area contributed by atoms with Gasteiger partial charge in [-0.1, -0.05) is 75.4 Å². The number of benzene rings is 3. The third-order valence-corrected chi connectivity index (χ3v) is 14.1. The molecular formula is C37H49N3O3Si. The highest BCUT2D eigenvalue weighted by Crippen LogP contribution is 2.40. The molecule has 0 aliphatic carbocycles. The predicted octanol–water partition coefficient (Wildman–Crippen LogP) is 7.88. The van der Waals surface area contributed by atoms with Crippen molar-refractivity contribution in [2.45, 2.75) is 84.0 Å². The number of methoxy groups -OCH3 is 1. The van der Waals surface area contributed by atoms with Gasteiger partial charge in [-0.3, -0.25) is 14.6 Å². The molecule has 0 bridgehead atoms. The van der Waals surface area contributed by atoms with E-state index in [1.807, 2.05) is 10.8 Å². The minimum Gasteiger partial charge on any atom is -0.543 e. The molecule has 0 saturated carbocycles. The van der Waals surface area contributed by atoms with Crippen LogP contribution in [0.1, 0.15) is 57.4 Å². The summed E-state index contributed by atoms with van der Waals surface area (Å²) >= 11 is 0. The SMILES string of the molecule is COC(=O)Cn1ccc2ccc([C@H](c3cccc(O[Si](C)(C)C(C)(C)C)c3)N3C[C@@H](C)N(Cc4ccccc4)C[C@@H]3C)cc21. The quantitative estimate of drug-likeness (QED) is 0.142. The molecule has 6 nitrogen and oxygen atoms in total. The Labute approximate surface area is 264 Å². The van der Waals surface area contributed by atoms with E-state index in [1.165, 1.54) is 23.8 Å². The van der Waals surface area contributed by atoms with E-state index < -0.39 is 8.32 Å². The number of carbonyl (C=O) groups is 1. The summed E-state index contributed by atoms with van der Waals surface area (Å²) < 4.78 is 13.8. The molecular weight excluding hydrogens is 563 g/mol. The van der Waals surface area contributed by atoms with Crippen molar-refractivity contribution in [3.8, 4) is 5.75 Å². The Morgan fingerprint density at radius 2 is 1.64 bits per heavy atom. The van der Waals surface area contributed by atoms with E-state index in [-0.39, 0.29) is 23.6 Å². The highest BCUT2D eigenvalue weighted by molar-refractivity contribution is 6.74. The Kier molecular flexibility index (Phi) is 9.40. The largest absolute Gasteiger partial charge is 0.543 e. The van der Waals surface area contributed by atoms with E-state index in [0.717, 1.165) is 36.3 Å². The van der Waals surface area contributed by atoms with Crippen molar-refractivity contribution in [2.24, 2.45) is 0 Å². The summed E-state index contributed by atoms with van der Waals surface area (Å²) in [4.78, 5) is 17.5.